The van der Waals surface area contributed by atoms with Gasteiger partial charge in [-0.1, -0.05) is 11.6 Å². The molecule has 2 aromatic heterocycles. The summed E-state index contributed by atoms with van der Waals surface area (Å²) < 4.78 is 0. The lowest BCUT2D eigenvalue weighted by molar-refractivity contribution is 0.313. The fraction of sp³-hybridized carbons (Fsp3) is 0.238. The summed E-state index contributed by atoms with van der Waals surface area (Å²) in [6.07, 6.45) is 0. The number of nitrogens with one attached hydrogen (secondary N) is 2. The number of aromatic amines is 2. The van der Waals surface area contributed by atoms with Gasteiger partial charge in [0.05, 0.1) is 16.6 Å². The molecule has 0 atom stereocenters. The third-order valence-corrected chi connectivity index (χ3v) is 5.63. The average Bonchev–Trinajstić information content (AvgIpc) is 3.11. The number of pyridine rings is 1. The third-order valence-electron chi connectivity index (χ3n) is 5.40. The number of nitrogens with zero attached hydrogens (tertiary/aromatic N) is 3. The van der Waals surface area contributed by atoms with Gasteiger partial charge in [-0.2, -0.15) is 0 Å². The van der Waals surface area contributed by atoms with Crippen molar-refractivity contribution in [1.82, 2.24) is 19.9 Å². The molecule has 7 heteroatoms. The van der Waals surface area contributed by atoms with Crippen LogP contribution in [0.4, 0.5) is 5.69 Å². The first kappa shape index (κ1) is 17.3. The van der Waals surface area contributed by atoms with Crippen LogP contribution in [0.5, 0.6) is 0 Å². The molecule has 0 bridgehead atoms. The number of piperazine rings is 1. The predicted molar refractivity (Wildman–Crippen MR) is 114 cm³/mol. The van der Waals surface area contributed by atoms with Gasteiger partial charge in [0.1, 0.15) is 5.82 Å². The summed E-state index contributed by atoms with van der Waals surface area (Å²) in [5, 5.41) is 1.51. The Morgan fingerprint density at radius 1 is 0.964 bits per heavy atom. The van der Waals surface area contributed by atoms with Gasteiger partial charge in [0.15, 0.2) is 0 Å². The molecule has 1 saturated heterocycles. The molecule has 1 aliphatic rings. The monoisotopic (exact) mass is 393 g/mol. The second-order valence-corrected chi connectivity index (χ2v) is 7.76. The highest BCUT2D eigenvalue weighted by Crippen LogP contribution is 2.26. The van der Waals surface area contributed by atoms with Crippen LogP contribution in [-0.4, -0.2) is 53.1 Å². The quantitative estimate of drug-likeness (QED) is 0.547. The van der Waals surface area contributed by atoms with Crippen LogP contribution in [0, 0.1) is 0 Å². The number of halogens is 1. The Bertz CT molecular complexity index is 1240. The van der Waals surface area contributed by atoms with Gasteiger partial charge in [0.2, 0.25) is 0 Å². The average molecular weight is 394 g/mol. The summed E-state index contributed by atoms with van der Waals surface area (Å²) in [6, 6.07) is 13.5. The van der Waals surface area contributed by atoms with Crippen LogP contribution in [0.1, 0.15) is 0 Å². The van der Waals surface area contributed by atoms with Crippen molar-refractivity contribution in [3.05, 3.63) is 57.8 Å². The molecule has 3 heterocycles. The summed E-state index contributed by atoms with van der Waals surface area (Å²) in [6.45, 7) is 4.13. The van der Waals surface area contributed by atoms with Crippen molar-refractivity contribution in [1.29, 1.82) is 0 Å². The van der Waals surface area contributed by atoms with E-state index >= 15 is 0 Å². The minimum Gasteiger partial charge on any atom is -0.369 e. The Kier molecular flexibility index (Phi) is 4.10. The number of H-pyrrole nitrogens is 2. The topological polar surface area (TPSA) is 68.0 Å². The number of benzene rings is 2. The van der Waals surface area contributed by atoms with Gasteiger partial charge < -0.3 is 19.8 Å². The molecule has 0 saturated carbocycles. The van der Waals surface area contributed by atoms with Crippen LogP contribution in [0.25, 0.3) is 33.3 Å². The number of anilines is 1. The van der Waals surface area contributed by atoms with E-state index in [1.54, 1.807) is 6.07 Å². The molecule has 0 spiro atoms. The number of likely N-dealkylation sites (N-methyl/N-ethyl adjacent to an activating group) is 1. The highest BCUT2D eigenvalue weighted by molar-refractivity contribution is 6.31. The lowest BCUT2D eigenvalue weighted by atomic mass is 10.1. The Balaban J connectivity index is 1.55. The third kappa shape index (κ3) is 3.04. The zero-order valence-corrected chi connectivity index (χ0v) is 16.3. The maximum Gasteiger partial charge on any atom is 0.259 e. The van der Waals surface area contributed by atoms with Crippen molar-refractivity contribution < 1.29 is 0 Å². The van der Waals surface area contributed by atoms with Crippen molar-refractivity contribution in [2.45, 2.75) is 0 Å². The van der Waals surface area contributed by atoms with E-state index in [9.17, 15) is 4.79 Å². The summed E-state index contributed by atoms with van der Waals surface area (Å²) in [7, 11) is 2.15. The van der Waals surface area contributed by atoms with E-state index in [0.717, 1.165) is 48.1 Å². The van der Waals surface area contributed by atoms with E-state index < -0.39 is 0 Å². The predicted octanol–water partition coefficient (Wildman–Crippen LogP) is 3.48. The minimum absolute atomic E-state index is 0.173. The van der Waals surface area contributed by atoms with Gasteiger partial charge in [0, 0.05) is 47.8 Å². The van der Waals surface area contributed by atoms with Crippen LogP contribution in [-0.2, 0) is 0 Å². The first-order valence-corrected chi connectivity index (χ1v) is 9.71. The van der Waals surface area contributed by atoms with Gasteiger partial charge in [-0.25, -0.2) is 4.98 Å². The lowest BCUT2D eigenvalue weighted by Crippen LogP contribution is -2.44. The number of aromatic nitrogens is 3. The molecule has 0 unspecified atom stereocenters. The molecule has 6 nitrogen and oxygen atoms in total. The summed E-state index contributed by atoms with van der Waals surface area (Å²) in [4.78, 5) is 28.2. The highest BCUT2D eigenvalue weighted by Gasteiger charge is 2.16. The molecule has 1 aliphatic heterocycles. The first-order chi connectivity index (χ1) is 13.6. The fourth-order valence-corrected chi connectivity index (χ4v) is 3.92. The Morgan fingerprint density at radius 2 is 1.79 bits per heavy atom. The van der Waals surface area contributed by atoms with E-state index in [1.165, 1.54) is 5.69 Å². The van der Waals surface area contributed by atoms with Crippen LogP contribution >= 0.6 is 11.6 Å². The fourth-order valence-electron chi connectivity index (χ4n) is 3.74. The molecular weight excluding hydrogens is 374 g/mol. The zero-order chi connectivity index (χ0) is 19.3. The summed E-state index contributed by atoms with van der Waals surface area (Å²) in [5.74, 6) is 0.564. The highest BCUT2D eigenvalue weighted by atomic mass is 35.5. The van der Waals surface area contributed by atoms with Crippen molar-refractivity contribution in [2.75, 3.05) is 38.1 Å². The lowest BCUT2D eigenvalue weighted by Gasteiger charge is -2.34. The van der Waals surface area contributed by atoms with E-state index in [2.05, 4.69) is 43.9 Å². The van der Waals surface area contributed by atoms with E-state index in [-0.39, 0.29) is 5.56 Å². The molecule has 2 aromatic carbocycles. The van der Waals surface area contributed by atoms with Crippen LogP contribution in [0.15, 0.2) is 47.3 Å². The van der Waals surface area contributed by atoms with Gasteiger partial charge in [-0.05, 0) is 49.5 Å². The van der Waals surface area contributed by atoms with Crippen LogP contribution < -0.4 is 10.5 Å². The smallest absolute Gasteiger partial charge is 0.259 e. The number of imidazole rings is 1. The van der Waals surface area contributed by atoms with Crippen molar-refractivity contribution >= 4 is 39.2 Å². The SMILES string of the molecule is CN1CCN(c2ccc3nc(-c4cc5cc(Cl)ccc5[nH]c4=O)[nH]c3c2)CC1. The molecule has 1 fully saturated rings. The molecule has 2 N–H and O–H groups in total. The van der Waals surface area contributed by atoms with E-state index in [1.807, 2.05) is 24.3 Å². The standard InChI is InChI=1S/C21H20ClN5O/c1-26-6-8-27(9-7-26)15-3-5-18-19(12-15)24-20(23-18)16-11-13-10-14(22)2-4-17(13)25-21(16)28/h2-5,10-12H,6-9H2,1H3,(H,23,24)(H,25,28). The number of hydrogen-bond donors (Lipinski definition) is 2. The maximum absolute atomic E-state index is 12.6. The second kappa shape index (κ2) is 6.65. The number of hydrogen-bond acceptors (Lipinski definition) is 4. The Morgan fingerprint density at radius 3 is 2.61 bits per heavy atom. The van der Waals surface area contributed by atoms with Crippen LogP contribution in [0.3, 0.4) is 0 Å². The van der Waals surface area contributed by atoms with Gasteiger partial charge in [-0.15, -0.1) is 0 Å². The summed E-state index contributed by atoms with van der Waals surface area (Å²) in [5.41, 5.74) is 4.04. The van der Waals surface area contributed by atoms with Crippen molar-refractivity contribution in [3.63, 3.8) is 0 Å². The molecule has 5 rings (SSSR count). The van der Waals surface area contributed by atoms with E-state index in [4.69, 9.17) is 11.6 Å². The van der Waals surface area contributed by atoms with Gasteiger partial charge in [-0.3, -0.25) is 4.79 Å². The van der Waals surface area contributed by atoms with Crippen LogP contribution in [0.2, 0.25) is 5.02 Å². The van der Waals surface area contributed by atoms with E-state index in [0.29, 0.717) is 16.4 Å². The Labute approximate surface area is 166 Å². The Hall–Kier alpha value is -2.83. The van der Waals surface area contributed by atoms with Crippen molar-refractivity contribution in [2.24, 2.45) is 0 Å². The molecule has 4 aromatic rings. The summed E-state index contributed by atoms with van der Waals surface area (Å²) >= 11 is 6.10. The molecule has 0 aliphatic carbocycles. The molecule has 142 valence electrons. The molecule has 28 heavy (non-hydrogen) atoms. The number of rotatable bonds is 2. The normalized spacial score (nSPS) is 15.6. The van der Waals surface area contributed by atoms with Crippen molar-refractivity contribution in [3.8, 4) is 11.4 Å². The largest absolute Gasteiger partial charge is 0.369 e. The molecular formula is C21H20ClN5O. The van der Waals surface area contributed by atoms with Gasteiger partial charge >= 0.3 is 0 Å². The second-order valence-electron chi connectivity index (χ2n) is 7.32. The maximum atomic E-state index is 12.6. The zero-order valence-electron chi connectivity index (χ0n) is 15.5. The minimum atomic E-state index is -0.173. The first-order valence-electron chi connectivity index (χ1n) is 9.33. The number of fused-ring (bicyclic) bond motifs is 2. The van der Waals surface area contributed by atoms with Gasteiger partial charge in [0.25, 0.3) is 5.56 Å². The molecule has 0 amide bonds. The molecule has 0 radical (unpaired) electrons.